The maximum atomic E-state index is 13.6. The van der Waals surface area contributed by atoms with Gasteiger partial charge in [-0.25, -0.2) is 14.8 Å². The molecule has 1 heterocycles. The molecular weight excluding hydrogens is 903 g/mol. The molecule has 16 heteroatoms. The molecule has 3 saturated carbocycles. The second kappa shape index (κ2) is 26.0. The van der Waals surface area contributed by atoms with Crippen molar-refractivity contribution in [2.24, 2.45) is 28.8 Å². The van der Waals surface area contributed by atoms with E-state index in [1.54, 1.807) is 53.7 Å². The van der Waals surface area contributed by atoms with Gasteiger partial charge in [0.15, 0.2) is 0 Å². The minimum absolute atomic E-state index is 0.112. The monoisotopic (exact) mass is 965 g/mol. The Labute approximate surface area is 407 Å². The van der Waals surface area contributed by atoms with Gasteiger partial charge in [-0.3, -0.25) is 19.2 Å². The summed E-state index contributed by atoms with van der Waals surface area (Å²) in [6.45, 7) is 4.46. The van der Waals surface area contributed by atoms with Gasteiger partial charge in [0.1, 0.15) is 29.7 Å². The predicted molar refractivity (Wildman–Crippen MR) is 260 cm³/mol. The van der Waals surface area contributed by atoms with Crippen LogP contribution in [0.15, 0.2) is 84.5 Å². The zero-order valence-corrected chi connectivity index (χ0v) is 40.2. The van der Waals surface area contributed by atoms with Crippen molar-refractivity contribution < 1.29 is 57.1 Å². The third kappa shape index (κ3) is 15.2. The van der Waals surface area contributed by atoms with E-state index >= 15 is 0 Å². The standard InChI is InChI=1S/C53H63N3O12S/c1-3-48(57)64-32-12-5-4-11-31-63-42-25-27-43(28-26-42)66-50(59)37-21-23-38(24-22-37)51(60)67-44-29-30-46(68-52(61)39-19-17-36(18-20-39)49(58)62-2)40(33-44)34-54-56(35-65-41-13-7-6-8-14-41)53-55-45-15-9-10-16-47(45)69-53/h3,9-10,15-16,25-30,33-34,36-39,41H,1,4-8,11-14,17-24,31-32,35H2,2H3. The van der Waals surface area contributed by atoms with Gasteiger partial charge in [0.05, 0.1) is 66.5 Å². The molecule has 0 radical (unpaired) electrons. The number of unbranched alkanes of at least 4 members (excludes halogenated alkanes) is 3. The first-order chi connectivity index (χ1) is 33.6. The average Bonchev–Trinajstić information content (AvgIpc) is 3.82. The topological polar surface area (TPSA) is 178 Å². The summed E-state index contributed by atoms with van der Waals surface area (Å²) in [6.07, 6.45) is 15.6. The SMILES string of the molecule is C=CC(=O)OCCCCCCOc1ccc(OC(=O)C2CCC(C(=O)Oc3ccc(OC(=O)C4CCC(C(=O)OC)CC4)c(C=NN(COC4CCCCC4)c4nc5ccccc5s4)c3)CC2)cc1. The van der Waals surface area contributed by atoms with Gasteiger partial charge < -0.3 is 33.2 Å². The van der Waals surface area contributed by atoms with Crippen LogP contribution in [0.1, 0.15) is 115 Å². The highest BCUT2D eigenvalue weighted by atomic mass is 32.1. The number of nitrogens with zero attached hydrogens (tertiary/aromatic N) is 3. The van der Waals surface area contributed by atoms with Crippen LogP contribution in [0.2, 0.25) is 0 Å². The van der Waals surface area contributed by atoms with Crippen molar-refractivity contribution in [3.8, 4) is 23.0 Å². The Morgan fingerprint density at radius 1 is 0.681 bits per heavy atom. The number of hydrazone groups is 1. The Morgan fingerprint density at radius 3 is 1.90 bits per heavy atom. The summed E-state index contributed by atoms with van der Waals surface area (Å²) in [4.78, 5) is 68.5. The van der Waals surface area contributed by atoms with Crippen molar-refractivity contribution in [3.63, 3.8) is 0 Å². The van der Waals surface area contributed by atoms with Crippen LogP contribution in [0.4, 0.5) is 5.13 Å². The number of esters is 5. The van der Waals surface area contributed by atoms with Gasteiger partial charge in [0.25, 0.3) is 0 Å². The van der Waals surface area contributed by atoms with E-state index in [4.69, 9.17) is 43.2 Å². The lowest BCUT2D eigenvalue weighted by Gasteiger charge is -2.26. The lowest BCUT2D eigenvalue weighted by atomic mass is 9.82. The molecular formula is C53H63N3O12S. The molecule has 0 spiro atoms. The van der Waals surface area contributed by atoms with Crippen LogP contribution in [-0.2, 0) is 38.2 Å². The molecule has 3 fully saturated rings. The highest BCUT2D eigenvalue weighted by molar-refractivity contribution is 7.22. The van der Waals surface area contributed by atoms with Crippen molar-refractivity contribution >= 4 is 62.7 Å². The molecule has 0 saturated heterocycles. The van der Waals surface area contributed by atoms with Gasteiger partial charge in [0.2, 0.25) is 5.13 Å². The van der Waals surface area contributed by atoms with Gasteiger partial charge in [0, 0.05) is 11.6 Å². The second-order valence-electron chi connectivity index (χ2n) is 17.9. The normalized spacial score (nSPS) is 19.6. The Morgan fingerprint density at radius 2 is 1.26 bits per heavy atom. The van der Waals surface area contributed by atoms with Crippen molar-refractivity contribution in [2.75, 3.05) is 32.1 Å². The van der Waals surface area contributed by atoms with Crippen LogP contribution in [-0.4, -0.2) is 74.2 Å². The number of para-hydroxylation sites is 1. The molecule has 3 aliphatic rings. The molecule has 0 bridgehead atoms. The summed E-state index contributed by atoms with van der Waals surface area (Å²) < 4.78 is 40.8. The summed E-state index contributed by atoms with van der Waals surface area (Å²) >= 11 is 1.49. The molecule has 1 aromatic heterocycles. The summed E-state index contributed by atoms with van der Waals surface area (Å²) in [6, 6.07) is 19.6. The highest BCUT2D eigenvalue weighted by Crippen LogP contribution is 2.35. The summed E-state index contributed by atoms with van der Waals surface area (Å²) in [5.41, 5.74) is 1.25. The van der Waals surface area contributed by atoms with Crippen LogP contribution in [0, 0.1) is 23.7 Å². The number of aromatic nitrogens is 1. The molecule has 7 rings (SSSR count). The number of carbonyl (C=O) groups excluding carboxylic acids is 5. The predicted octanol–water partition coefficient (Wildman–Crippen LogP) is 10.3. The van der Waals surface area contributed by atoms with Crippen LogP contribution < -0.4 is 24.0 Å². The Kier molecular flexibility index (Phi) is 19.1. The molecule has 0 atom stereocenters. The van der Waals surface area contributed by atoms with E-state index in [-0.39, 0.29) is 48.1 Å². The Hall–Kier alpha value is -6.13. The lowest BCUT2D eigenvalue weighted by Crippen LogP contribution is -2.30. The molecule has 368 valence electrons. The largest absolute Gasteiger partial charge is 0.494 e. The Bertz CT molecular complexity index is 2350. The minimum atomic E-state index is -0.429. The average molecular weight is 966 g/mol. The van der Waals surface area contributed by atoms with E-state index in [2.05, 4.69) is 6.58 Å². The van der Waals surface area contributed by atoms with E-state index in [0.29, 0.717) is 86.8 Å². The van der Waals surface area contributed by atoms with Gasteiger partial charge in [-0.15, -0.1) is 0 Å². The molecule has 3 aromatic carbocycles. The number of carbonyl (C=O) groups is 5. The smallest absolute Gasteiger partial charge is 0.330 e. The van der Waals surface area contributed by atoms with E-state index < -0.39 is 29.7 Å². The molecule has 3 aliphatic carbocycles. The van der Waals surface area contributed by atoms with E-state index in [0.717, 1.165) is 67.7 Å². The number of thiazole rings is 1. The maximum Gasteiger partial charge on any atom is 0.330 e. The van der Waals surface area contributed by atoms with Gasteiger partial charge >= 0.3 is 29.8 Å². The van der Waals surface area contributed by atoms with Gasteiger partial charge in [-0.2, -0.15) is 5.10 Å². The number of methoxy groups -OCH3 is 1. The second-order valence-corrected chi connectivity index (χ2v) is 18.9. The molecule has 4 aromatic rings. The molecule has 15 nitrogen and oxygen atoms in total. The van der Waals surface area contributed by atoms with E-state index in [1.165, 1.54) is 24.9 Å². The minimum Gasteiger partial charge on any atom is -0.494 e. The summed E-state index contributed by atoms with van der Waals surface area (Å²) in [5, 5.41) is 7.19. The number of fused-ring (bicyclic) bond motifs is 1. The van der Waals surface area contributed by atoms with Crippen molar-refractivity contribution in [3.05, 3.63) is 84.9 Å². The summed E-state index contributed by atoms with van der Waals surface area (Å²) in [7, 11) is 1.37. The fourth-order valence-electron chi connectivity index (χ4n) is 8.90. The van der Waals surface area contributed by atoms with Crippen molar-refractivity contribution in [1.29, 1.82) is 0 Å². The van der Waals surface area contributed by atoms with Crippen molar-refractivity contribution in [1.82, 2.24) is 4.98 Å². The van der Waals surface area contributed by atoms with Crippen LogP contribution in [0.5, 0.6) is 23.0 Å². The first-order valence-corrected chi connectivity index (χ1v) is 25.1. The molecule has 69 heavy (non-hydrogen) atoms. The maximum absolute atomic E-state index is 13.6. The van der Waals surface area contributed by atoms with Crippen molar-refractivity contribution in [2.45, 2.75) is 115 Å². The lowest BCUT2D eigenvalue weighted by molar-refractivity contribution is -0.149. The van der Waals surface area contributed by atoms with Crippen LogP contribution >= 0.6 is 11.3 Å². The summed E-state index contributed by atoms with van der Waals surface area (Å²) in [5.74, 6) is -1.69. The number of rotatable bonds is 22. The third-order valence-electron chi connectivity index (χ3n) is 13.0. The zero-order chi connectivity index (χ0) is 48.4. The zero-order valence-electron chi connectivity index (χ0n) is 39.4. The van der Waals surface area contributed by atoms with Gasteiger partial charge in [-0.1, -0.05) is 49.3 Å². The van der Waals surface area contributed by atoms with Crippen LogP contribution in [0.25, 0.3) is 10.2 Å². The number of benzene rings is 3. The fraction of sp³-hybridized carbons (Fsp3) is 0.491. The molecule has 0 unspecified atom stereocenters. The molecule has 0 aliphatic heterocycles. The third-order valence-corrected chi connectivity index (χ3v) is 14.0. The highest BCUT2D eigenvalue weighted by Gasteiger charge is 2.34. The Balaban J connectivity index is 0.954. The molecule has 0 N–H and O–H groups in total. The first kappa shape index (κ1) is 50.7. The van der Waals surface area contributed by atoms with Gasteiger partial charge in [-0.05, 0) is 144 Å². The molecule has 0 amide bonds. The fourth-order valence-corrected chi connectivity index (χ4v) is 9.81. The number of hydrogen-bond acceptors (Lipinski definition) is 16. The quantitative estimate of drug-likeness (QED) is 0.0138. The van der Waals surface area contributed by atoms with E-state index in [1.807, 2.05) is 24.3 Å². The number of ether oxygens (including phenoxy) is 7. The number of hydrogen-bond donors (Lipinski definition) is 0. The first-order valence-electron chi connectivity index (χ1n) is 24.3. The number of anilines is 1. The van der Waals surface area contributed by atoms with Crippen LogP contribution in [0.3, 0.4) is 0 Å². The van der Waals surface area contributed by atoms with E-state index in [9.17, 15) is 24.0 Å².